The van der Waals surface area contributed by atoms with Crippen LogP contribution in [0.25, 0.3) is 0 Å². The van der Waals surface area contributed by atoms with Crippen LogP contribution in [0.2, 0.25) is 0 Å². The first kappa shape index (κ1) is 8.46. The molecule has 1 aliphatic carbocycles. The fraction of sp³-hybridized carbons (Fsp3) is 0.571. The maximum absolute atomic E-state index is 10.9. The second-order valence-corrected chi connectivity index (χ2v) is 3.86. The fourth-order valence-electron chi connectivity index (χ4n) is 1.01. The molecule has 60 valence electrons. The van der Waals surface area contributed by atoms with Gasteiger partial charge in [-0.1, -0.05) is 11.8 Å². The Morgan fingerprint density at radius 1 is 1.55 bits per heavy atom. The topological polar surface area (TPSA) is 51.2 Å². The average Bonchev–Trinajstić information content (AvgIpc) is 2.09. The zero-order chi connectivity index (χ0) is 8.43. The van der Waals surface area contributed by atoms with Crippen LogP contribution in [0.4, 0.5) is 0 Å². The molecule has 0 amide bonds. The predicted octanol–water partition coefficient (Wildman–Crippen LogP) is 0.567. The van der Waals surface area contributed by atoms with E-state index in [-0.39, 0.29) is 34.8 Å². The van der Waals surface area contributed by atoms with Gasteiger partial charge in [0.05, 0.1) is 11.7 Å². The number of carbonyl (C=O) groups excluding carboxylic acids is 3. The Labute approximate surface area is 68.5 Å². The first-order chi connectivity index (χ1) is 5.09. The van der Waals surface area contributed by atoms with Gasteiger partial charge in [0.25, 0.3) is 0 Å². The second kappa shape index (κ2) is 3.17. The van der Waals surface area contributed by atoms with Gasteiger partial charge in [-0.3, -0.25) is 14.4 Å². The molecule has 1 rings (SSSR count). The summed E-state index contributed by atoms with van der Waals surface area (Å²) in [6, 6.07) is 0. The van der Waals surface area contributed by atoms with E-state index >= 15 is 0 Å². The van der Waals surface area contributed by atoms with Crippen LogP contribution in [-0.2, 0) is 14.4 Å². The summed E-state index contributed by atoms with van der Waals surface area (Å²) in [5, 5.41) is -0.488. The Bertz CT molecular complexity index is 222. The second-order valence-electron chi connectivity index (χ2n) is 2.48. The lowest BCUT2D eigenvalue weighted by Crippen LogP contribution is -2.09. The normalized spacial score (nSPS) is 24.3. The third-order valence-corrected chi connectivity index (χ3v) is 2.50. The molecule has 0 spiro atoms. The van der Waals surface area contributed by atoms with Crippen molar-refractivity contribution >= 4 is 28.4 Å². The van der Waals surface area contributed by atoms with Crippen molar-refractivity contribution in [3.8, 4) is 0 Å². The van der Waals surface area contributed by atoms with Crippen molar-refractivity contribution in [2.45, 2.75) is 25.0 Å². The molecule has 1 saturated carbocycles. The summed E-state index contributed by atoms with van der Waals surface area (Å²) in [6.07, 6.45) is 0.258. The molecule has 1 atom stereocenters. The van der Waals surface area contributed by atoms with Gasteiger partial charge in [0.2, 0.25) is 0 Å². The molecular formula is C7H8O3S. The molecule has 0 aromatic rings. The van der Waals surface area contributed by atoms with Crippen LogP contribution in [0.5, 0.6) is 0 Å². The van der Waals surface area contributed by atoms with Gasteiger partial charge in [-0.25, -0.2) is 0 Å². The molecule has 0 N–H and O–H groups in total. The van der Waals surface area contributed by atoms with E-state index in [9.17, 15) is 14.4 Å². The molecular weight excluding hydrogens is 164 g/mol. The minimum atomic E-state index is -0.389. The van der Waals surface area contributed by atoms with Gasteiger partial charge in [0, 0.05) is 13.3 Å². The van der Waals surface area contributed by atoms with E-state index in [1.165, 1.54) is 6.92 Å². The van der Waals surface area contributed by atoms with Gasteiger partial charge in [-0.05, 0) is 0 Å². The van der Waals surface area contributed by atoms with Crippen molar-refractivity contribution in [1.82, 2.24) is 0 Å². The number of hydrogen-bond donors (Lipinski definition) is 0. The number of carbonyl (C=O) groups is 3. The summed E-state index contributed by atoms with van der Waals surface area (Å²) < 4.78 is 0. The molecule has 0 aliphatic heterocycles. The molecule has 1 unspecified atom stereocenters. The fourth-order valence-corrected chi connectivity index (χ4v) is 1.89. The highest BCUT2D eigenvalue weighted by Crippen LogP contribution is 2.24. The summed E-state index contributed by atoms with van der Waals surface area (Å²) in [7, 11) is 0. The first-order valence-corrected chi connectivity index (χ1v) is 4.19. The van der Waals surface area contributed by atoms with Crippen molar-refractivity contribution < 1.29 is 14.4 Å². The molecule has 0 aromatic heterocycles. The van der Waals surface area contributed by atoms with E-state index < -0.39 is 0 Å². The summed E-state index contributed by atoms with van der Waals surface area (Å²) >= 11 is 0.965. The molecule has 11 heavy (non-hydrogen) atoms. The zero-order valence-electron chi connectivity index (χ0n) is 6.12. The SMILES string of the molecule is CC(=O)SC1CC(=O)CC1=O. The average molecular weight is 172 g/mol. The Morgan fingerprint density at radius 2 is 2.18 bits per heavy atom. The Hall–Kier alpha value is -0.640. The molecule has 1 aliphatic rings. The van der Waals surface area contributed by atoms with Gasteiger partial charge in [-0.2, -0.15) is 0 Å². The Morgan fingerprint density at radius 3 is 2.55 bits per heavy atom. The van der Waals surface area contributed by atoms with E-state index in [1.807, 2.05) is 0 Å². The van der Waals surface area contributed by atoms with Crippen molar-refractivity contribution in [1.29, 1.82) is 0 Å². The molecule has 0 heterocycles. The summed E-state index contributed by atoms with van der Waals surface area (Å²) in [5.74, 6) is -0.149. The van der Waals surface area contributed by atoms with Crippen molar-refractivity contribution in [3.63, 3.8) is 0 Å². The van der Waals surface area contributed by atoms with E-state index in [0.29, 0.717) is 0 Å². The molecule has 0 radical (unpaired) electrons. The molecule has 4 heteroatoms. The van der Waals surface area contributed by atoms with Gasteiger partial charge in [-0.15, -0.1) is 0 Å². The number of hydrogen-bond acceptors (Lipinski definition) is 4. The number of rotatable bonds is 1. The van der Waals surface area contributed by atoms with Gasteiger partial charge >= 0.3 is 0 Å². The van der Waals surface area contributed by atoms with Crippen molar-refractivity contribution in [3.05, 3.63) is 0 Å². The van der Waals surface area contributed by atoms with Crippen LogP contribution in [0.1, 0.15) is 19.8 Å². The highest BCUT2D eigenvalue weighted by atomic mass is 32.2. The van der Waals surface area contributed by atoms with Crippen LogP contribution in [0.15, 0.2) is 0 Å². The largest absolute Gasteiger partial charge is 0.299 e. The highest BCUT2D eigenvalue weighted by molar-refractivity contribution is 8.14. The monoisotopic (exact) mass is 172 g/mol. The van der Waals surface area contributed by atoms with Crippen LogP contribution < -0.4 is 0 Å². The third kappa shape index (κ3) is 2.15. The van der Waals surface area contributed by atoms with E-state index in [2.05, 4.69) is 0 Å². The van der Waals surface area contributed by atoms with Gasteiger partial charge in [0.1, 0.15) is 5.78 Å². The van der Waals surface area contributed by atoms with Crippen LogP contribution in [0, 0.1) is 0 Å². The Balaban J connectivity index is 2.53. The minimum absolute atomic E-state index is 0.0188. The quantitative estimate of drug-likeness (QED) is 0.542. The van der Waals surface area contributed by atoms with Gasteiger partial charge in [0.15, 0.2) is 10.9 Å². The van der Waals surface area contributed by atoms with Crippen LogP contribution >= 0.6 is 11.8 Å². The molecule has 3 nitrogen and oxygen atoms in total. The lowest BCUT2D eigenvalue weighted by Gasteiger charge is -2.00. The lowest BCUT2D eigenvalue weighted by molar-refractivity contribution is -0.121. The van der Waals surface area contributed by atoms with Crippen molar-refractivity contribution in [2.24, 2.45) is 0 Å². The molecule has 1 fully saturated rings. The van der Waals surface area contributed by atoms with E-state index in [1.54, 1.807) is 0 Å². The smallest absolute Gasteiger partial charge is 0.186 e. The summed E-state index contributed by atoms with van der Waals surface area (Å²) in [5.41, 5.74) is 0. The molecule has 0 saturated heterocycles. The Kier molecular flexibility index (Phi) is 2.44. The van der Waals surface area contributed by atoms with E-state index in [4.69, 9.17) is 0 Å². The van der Waals surface area contributed by atoms with Gasteiger partial charge < -0.3 is 0 Å². The maximum atomic E-state index is 10.9. The predicted molar refractivity (Wildman–Crippen MR) is 41.3 cm³/mol. The lowest BCUT2D eigenvalue weighted by atomic mass is 10.3. The number of ketones is 2. The highest BCUT2D eigenvalue weighted by Gasteiger charge is 2.32. The van der Waals surface area contributed by atoms with Crippen LogP contribution in [0.3, 0.4) is 0 Å². The first-order valence-electron chi connectivity index (χ1n) is 3.31. The standard InChI is InChI=1S/C7H8O3S/c1-4(8)11-7-3-5(9)2-6(7)10/h7H,2-3H2,1H3. The van der Waals surface area contributed by atoms with E-state index in [0.717, 1.165) is 11.8 Å². The minimum Gasteiger partial charge on any atom is -0.299 e. The zero-order valence-corrected chi connectivity index (χ0v) is 6.94. The molecule has 0 bridgehead atoms. The summed E-state index contributed by atoms with van der Waals surface area (Å²) in [6.45, 7) is 1.40. The number of thioether (sulfide) groups is 1. The van der Waals surface area contributed by atoms with Crippen LogP contribution in [-0.4, -0.2) is 21.9 Å². The maximum Gasteiger partial charge on any atom is 0.186 e. The molecule has 0 aromatic carbocycles. The number of Topliss-reactive ketones (excluding diaryl/α,β-unsaturated/α-hetero) is 2. The summed E-state index contributed by atoms with van der Waals surface area (Å²) in [4.78, 5) is 32.2. The van der Waals surface area contributed by atoms with Crippen molar-refractivity contribution in [2.75, 3.05) is 0 Å². The third-order valence-electron chi connectivity index (χ3n) is 1.45.